The molecule has 0 radical (unpaired) electrons. The van der Waals surface area contributed by atoms with E-state index in [9.17, 15) is 4.79 Å². The van der Waals surface area contributed by atoms with Gasteiger partial charge in [0.05, 0.1) is 7.11 Å². The number of rotatable bonds is 0. The monoisotopic (exact) mass is 85.0 g/mol. The fourth-order valence-corrected chi connectivity index (χ4v) is 0.0456. The van der Waals surface area contributed by atoms with E-state index < -0.39 is 6.09 Å². The highest BCUT2D eigenvalue weighted by atomic mass is 16.5. The summed E-state index contributed by atoms with van der Waals surface area (Å²) in [5.41, 5.74) is 0. The molecular formula is C3H3NO2. The molecule has 0 aromatic rings. The number of nitrogens with zero attached hydrogens (tertiary/aromatic N) is 1. The van der Waals surface area contributed by atoms with E-state index in [2.05, 4.69) is 9.58 Å². The molecule has 0 spiro atoms. The number of carbonyl (C=O) groups is 1. The maximum absolute atomic E-state index is 9.60. The molecule has 0 atom stereocenters. The molecule has 0 bridgehead atoms. The van der Waals surface area contributed by atoms with Crippen LogP contribution in [0.25, 0.3) is 4.85 Å². The van der Waals surface area contributed by atoms with Crippen molar-refractivity contribution >= 4 is 6.09 Å². The Morgan fingerprint density at radius 1 is 2.00 bits per heavy atom. The number of methoxy groups -OCH3 is 1. The summed E-state index contributed by atoms with van der Waals surface area (Å²) in [6.07, 6.45) is -0.866. The Bertz CT molecular complexity index is 91.5. The second kappa shape index (κ2) is 2.21. The number of amides is 1. The molecule has 0 aliphatic heterocycles. The average molecular weight is 85.1 g/mol. The molecule has 0 unspecified atom stereocenters. The van der Waals surface area contributed by atoms with Crippen molar-refractivity contribution in [1.82, 2.24) is 0 Å². The molecule has 0 fully saturated rings. The van der Waals surface area contributed by atoms with Crippen molar-refractivity contribution in [3.63, 3.8) is 0 Å². The maximum atomic E-state index is 9.60. The van der Waals surface area contributed by atoms with Crippen LogP contribution in [-0.2, 0) is 4.74 Å². The molecule has 1 amide bonds. The van der Waals surface area contributed by atoms with Crippen LogP contribution in [0.5, 0.6) is 0 Å². The molecule has 3 nitrogen and oxygen atoms in total. The third-order valence-electron chi connectivity index (χ3n) is 0.266. The van der Waals surface area contributed by atoms with Gasteiger partial charge in [-0.3, -0.25) is 4.79 Å². The van der Waals surface area contributed by atoms with Crippen molar-refractivity contribution in [2.24, 2.45) is 0 Å². The van der Waals surface area contributed by atoms with E-state index in [1.54, 1.807) is 0 Å². The first kappa shape index (κ1) is 4.96. The molecule has 0 rings (SSSR count). The summed E-state index contributed by atoms with van der Waals surface area (Å²) in [7, 11) is 1.17. The molecule has 32 valence electrons. The van der Waals surface area contributed by atoms with Crippen molar-refractivity contribution < 1.29 is 9.53 Å². The second-order valence-electron chi connectivity index (χ2n) is 0.582. The van der Waals surface area contributed by atoms with Gasteiger partial charge in [0.25, 0.3) is 0 Å². The Balaban J connectivity index is 3.33. The van der Waals surface area contributed by atoms with Gasteiger partial charge in [0, 0.05) is 0 Å². The topological polar surface area (TPSA) is 30.7 Å². The smallest absolute Gasteiger partial charge is 0.488 e. The van der Waals surface area contributed by atoms with Crippen LogP contribution in [0.15, 0.2) is 0 Å². The molecule has 0 N–H and O–H groups in total. The highest BCUT2D eigenvalue weighted by Gasteiger charge is 1.88. The lowest BCUT2D eigenvalue weighted by Gasteiger charge is -1.78. The molecule has 0 aromatic carbocycles. The van der Waals surface area contributed by atoms with Crippen LogP contribution in [0, 0.1) is 6.57 Å². The number of carbonyl (C=O) groups excluding carboxylic acids is 1. The van der Waals surface area contributed by atoms with Crippen molar-refractivity contribution in [1.29, 1.82) is 0 Å². The number of hydrogen-bond acceptors (Lipinski definition) is 2. The van der Waals surface area contributed by atoms with E-state index in [4.69, 9.17) is 6.57 Å². The van der Waals surface area contributed by atoms with E-state index in [-0.39, 0.29) is 0 Å². The van der Waals surface area contributed by atoms with Crippen molar-refractivity contribution in [2.45, 2.75) is 0 Å². The van der Waals surface area contributed by atoms with Gasteiger partial charge in [-0.25, -0.2) is 0 Å². The predicted molar refractivity (Wildman–Crippen MR) is 19.0 cm³/mol. The first-order chi connectivity index (χ1) is 2.81. The predicted octanol–water partition coefficient (Wildman–Crippen LogP) is 0.672. The molecule has 0 saturated carbocycles. The largest absolute Gasteiger partial charge is 0.561 e. The lowest BCUT2D eigenvalue weighted by molar-refractivity contribution is 0.191. The molecule has 0 aromatic heterocycles. The van der Waals surface area contributed by atoms with Gasteiger partial charge >= 0.3 is 6.09 Å². The third-order valence-corrected chi connectivity index (χ3v) is 0.266. The standard InChI is InChI=1S/C3H3NO2/c1-4-3(5)6-2/h2H3. The summed E-state index contributed by atoms with van der Waals surface area (Å²) in [5.74, 6) is 0. The van der Waals surface area contributed by atoms with E-state index in [0.717, 1.165) is 0 Å². The molecule has 3 heteroatoms. The van der Waals surface area contributed by atoms with Crippen molar-refractivity contribution in [2.75, 3.05) is 7.11 Å². The number of hydrogen-bond donors (Lipinski definition) is 0. The normalized spacial score (nSPS) is 6.00. The van der Waals surface area contributed by atoms with Crippen LogP contribution in [0.4, 0.5) is 4.79 Å². The molecule has 0 aliphatic carbocycles. The van der Waals surface area contributed by atoms with E-state index >= 15 is 0 Å². The minimum Gasteiger partial charge on any atom is -0.488 e. The maximum Gasteiger partial charge on any atom is 0.561 e. The van der Waals surface area contributed by atoms with E-state index in [1.165, 1.54) is 7.11 Å². The highest BCUT2D eigenvalue weighted by Crippen LogP contribution is 1.73. The van der Waals surface area contributed by atoms with Crippen LogP contribution in [0.2, 0.25) is 0 Å². The first-order valence-electron chi connectivity index (χ1n) is 1.26. The van der Waals surface area contributed by atoms with Gasteiger partial charge < -0.3 is 4.74 Å². The summed E-state index contributed by atoms with van der Waals surface area (Å²) in [6, 6.07) is 0. The lowest BCUT2D eigenvalue weighted by atomic mass is 11.2. The summed E-state index contributed by atoms with van der Waals surface area (Å²) < 4.78 is 3.91. The minimum atomic E-state index is -0.866. The highest BCUT2D eigenvalue weighted by molar-refractivity contribution is 5.77. The average Bonchev–Trinajstić information content (AvgIpc) is 1.65. The molecule has 6 heavy (non-hydrogen) atoms. The Morgan fingerprint density at radius 2 is 2.50 bits per heavy atom. The second-order valence-corrected chi connectivity index (χ2v) is 0.582. The quantitative estimate of drug-likeness (QED) is 0.405. The van der Waals surface area contributed by atoms with E-state index in [0.29, 0.717) is 0 Å². The molecule has 0 heterocycles. The van der Waals surface area contributed by atoms with Gasteiger partial charge in [0.2, 0.25) is 0 Å². The zero-order valence-corrected chi connectivity index (χ0v) is 3.26. The van der Waals surface area contributed by atoms with Gasteiger partial charge in [-0.15, -0.1) is 0 Å². The Morgan fingerprint density at radius 3 is 2.50 bits per heavy atom. The summed E-state index contributed by atoms with van der Waals surface area (Å²) in [4.78, 5) is 12.0. The van der Waals surface area contributed by atoms with Crippen LogP contribution in [-0.4, -0.2) is 13.2 Å². The molecular weight excluding hydrogens is 82.0 g/mol. The summed E-state index contributed by atoms with van der Waals surface area (Å²) in [6.45, 7) is 5.96. The van der Waals surface area contributed by atoms with Crippen LogP contribution >= 0.6 is 0 Å². The Kier molecular flexibility index (Phi) is 1.83. The lowest BCUT2D eigenvalue weighted by Crippen LogP contribution is -1.85. The zero-order chi connectivity index (χ0) is 4.99. The van der Waals surface area contributed by atoms with Crippen LogP contribution in [0.3, 0.4) is 0 Å². The Hall–Kier alpha value is -1.04. The zero-order valence-electron chi connectivity index (χ0n) is 3.26. The number of ether oxygens (including phenoxy) is 1. The third kappa shape index (κ3) is 1.30. The Labute approximate surface area is 35.3 Å². The van der Waals surface area contributed by atoms with Gasteiger partial charge in [-0.05, 0) is 0 Å². The summed E-state index contributed by atoms with van der Waals surface area (Å²) in [5, 5.41) is 0. The van der Waals surface area contributed by atoms with Crippen LogP contribution in [0.1, 0.15) is 0 Å². The van der Waals surface area contributed by atoms with Gasteiger partial charge in [-0.1, -0.05) is 0 Å². The van der Waals surface area contributed by atoms with Crippen molar-refractivity contribution in [3.05, 3.63) is 11.4 Å². The van der Waals surface area contributed by atoms with Gasteiger partial charge in [0.15, 0.2) is 0 Å². The SMILES string of the molecule is [C-]#[N+]C(=O)OC. The van der Waals surface area contributed by atoms with E-state index in [1.807, 2.05) is 0 Å². The fraction of sp³-hybridized carbons (Fsp3) is 0.333. The van der Waals surface area contributed by atoms with Crippen LogP contribution < -0.4 is 0 Å². The minimum absolute atomic E-state index is 0.866. The summed E-state index contributed by atoms with van der Waals surface area (Å²) >= 11 is 0. The van der Waals surface area contributed by atoms with Gasteiger partial charge in [-0.2, -0.15) is 4.85 Å². The van der Waals surface area contributed by atoms with Crippen molar-refractivity contribution in [3.8, 4) is 0 Å². The van der Waals surface area contributed by atoms with Gasteiger partial charge in [0.1, 0.15) is 6.57 Å². The fourth-order valence-electron chi connectivity index (χ4n) is 0.0456. The molecule has 0 aliphatic rings. The molecule has 0 saturated heterocycles. The first-order valence-corrected chi connectivity index (χ1v) is 1.26.